The lowest BCUT2D eigenvalue weighted by Crippen LogP contribution is -2.31. The van der Waals surface area contributed by atoms with Gasteiger partial charge in [0.2, 0.25) is 0 Å². The second-order valence-corrected chi connectivity index (χ2v) is 8.80. The number of aliphatic carboxylic acids is 1. The van der Waals surface area contributed by atoms with Gasteiger partial charge in [0.1, 0.15) is 0 Å². The van der Waals surface area contributed by atoms with Crippen LogP contribution in [-0.2, 0) is 4.79 Å². The first kappa shape index (κ1) is 27.0. The van der Waals surface area contributed by atoms with Gasteiger partial charge in [0.05, 0.1) is 0 Å². The zero-order valence-electron chi connectivity index (χ0n) is 19.4. The molecule has 0 aliphatic carbocycles. The lowest BCUT2D eigenvalue weighted by atomic mass is 9.95. The van der Waals surface area contributed by atoms with E-state index in [0.717, 1.165) is 32.1 Å². The van der Waals surface area contributed by atoms with Crippen LogP contribution < -0.4 is 5.11 Å². The highest BCUT2D eigenvalue weighted by Gasteiger charge is 2.08. The Morgan fingerprint density at radius 1 is 0.786 bits per heavy atom. The Kier molecular flexibility index (Phi) is 18.6. The minimum absolute atomic E-state index is 0.318. The second-order valence-electron chi connectivity index (χ2n) is 8.80. The monoisotopic (exact) mass is 391 g/mol. The number of hydrogen-bond acceptors (Lipinski definition) is 2. The van der Waals surface area contributed by atoms with Crippen molar-refractivity contribution in [1.82, 2.24) is 0 Å². The van der Waals surface area contributed by atoms with Crippen molar-refractivity contribution < 1.29 is 9.90 Å². The van der Waals surface area contributed by atoms with Crippen LogP contribution in [0.4, 0.5) is 0 Å². The van der Waals surface area contributed by atoms with Crippen LogP contribution in [0, 0.1) is 5.92 Å². The Morgan fingerprint density at radius 3 is 1.75 bits per heavy atom. The van der Waals surface area contributed by atoms with Gasteiger partial charge in [-0.25, -0.2) is 0 Å². The van der Waals surface area contributed by atoms with Gasteiger partial charge in [-0.05, 0) is 46.5 Å². The maximum atomic E-state index is 11.4. The fourth-order valence-corrected chi connectivity index (χ4v) is 3.60. The number of hydrogen-bond donors (Lipinski definition) is 0. The first-order valence-corrected chi connectivity index (χ1v) is 12.0. The molecule has 0 bridgehead atoms. The molecule has 0 heterocycles. The molecule has 28 heavy (non-hydrogen) atoms. The van der Waals surface area contributed by atoms with E-state index in [4.69, 9.17) is 0 Å². The average Bonchev–Trinajstić information content (AvgIpc) is 2.64. The van der Waals surface area contributed by atoms with Gasteiger partial charge in [0, 0.05) is 11.9 Å². The van der Waals surface area contributed by atoms with Crippen LogP contribution in [0.1, 0.15) is 130 Å². The third-order valence-corrected chi connectivity index (χ3v) is 5.58. The number of rotatable bonds is 19. The molecule has 2 heteroatoms. The summed E-state index contributed by atoms with van der Waals surface area (Å²) in [5.74, 6) is -1.20. The zero-order chi connectivity index (χ0) is 21.0. The molecule has 0 aromatic rings. The third kappa shape index (κ3) is 18.3. The van der Waals surface area contributed by atoms with Crippen LogP contribution in [-0.4, -0.2) is 5.97 Å². The maximum absolute atomic E-state index is 11.4. The van der Waals surface area contributed by atoms with Gasteiger partial charge < -0.3 is 9.90 Å². The van der Waals surface area contributed by atoms with E-state index in [0.29, 0.717) is 6.42 Å². The topological polar surface area (TPSA) is 40.1 Å². The van der Waals surface area contributed by atoms with E-state index in [2.05, 4.69) is 39.8 Å². The molecular weight excluding hydrogens is 344 g/mol. The maximum Gasteiger partial charge on any atom is 0.0448 e. The van der Waals surface area contributed by atoms with Gasteiger partial charge in [0.15, 0.2) is 0 Å². The first-order chi connectivity index (χ1) is 13.5. The van der Waals surface area contributed by atoms with Crippen molar-refractivity contribution in [3.63, 3.8) is 0 Å². The molecule has 0 aliphatic heterocycles. The summed E-state index contributed by atoms with van der Waals surface area (Å²) in [7, 11) is 0. The molecule has 0 aromatic carbocycles. The molecule has 1 unspecified atom stereocenters. The van der Waals surface area contributed by atoms with Gasteiger partial charge >= 0.3 is 0 Å². The highest BCUT2D eigenvalue weighted by molar-refractivity contribution is 5.67. The van der Waals surface area contributed by atoms with E-state index >= 15 is 0 Å². The van der Waals surface area contributed by atoms with Crippen LogP contribution >= 0.6 is 0 Å². The van der Waals surface area contributed by atoms with Gasteiger partial charge in [-0.15, -0.1) is 0 Å². The van der Waals surface area contributed by atoms with Gasteiger partial charge in [-0.3, -0.25) is 0 Å². The smallest absolute Gasteiger partial charge is 0.0448 e. The summed E-state index contributed by atoms with van der Waals surface area (Å²) in [6.07, 6.45) is 23.5. The molecule has 0 fully saturated rings. The Bertz CT molecular complexity index is 430. The van der Waals surface area contributed by atoms with Crippen molar-refractivity contribution in [2.24, 2.45) is 5.92 Å². The summed E-state index contributed by atoms with van der Waals surface area (Å²) in [4.78, 5) is 11.4. The molecule has 0 saturated heterocycles. The van der Waals surface area contributed by atoms with E-state index in [9.17, 15) is 9.90 Å². The lowest BCUT2D eigenvalue weighted by Gasteiger charge is -2.16. The zero-order valence-corrected chi connectivity index (χ0v) is 19.4. The molecule has 0 rings (SSSR count). The fraction of sp³-hybridized carbons (Fsp3) is 0.808. The fourth-order valence-electron chi connectivity index (χ4n) is 3.60. The summed E-state index contributed by atoms with van der Waals surface area (Å²) in [5.41, 5.74) is 2.63. The largest absolute Gasteiger partial charge is 0.550 e. The normalized spacial score (nSPS) is 12.8. The lowest BCUT2D eigenvalue weighted by molar-refractivity contribution is -0.311. The molecule has 1 atom stereocenters. The predicted octanol–water partition coefficient (Wildman–Crippen LogP) is 7.53. The number of carboxylic acids is 1. The highest BCUT2D eigenvalue weighted by atomic mass is 16.4. The third-order valence-electron chi connectivity index (χ3n) is 5.58. The van der Waals surface area contributed by atoms with Crippen molar-refractivity contribution in [1.29, 1.82) is 0 Å². The van der Waals surface area contributed by atoms with Crippen molar-refractivity contribution in [3.05, 3.63) is 23.3 Å². The van der Waals surface area contributed by atoms with E-state index in [-0.39, 0.29) is 5.92 Å². The highest BCUT2D eigenvalue weighted by Crippen LogP contribution is 2.18. The van der Waals surface area contributed by atoms with Crippen LogP contribution in [0.15, 0.2) is 23.3 Å². The molecule has 0 aromatic heterocycles. The molecule has 164 valence electrons. The van der Waals surface area contributed by atoms with E-state index < -0.39 is 5.97 Å². The van der Waals surface area contributed by atoms with Crippen LogP contribution in [0.5, 0.6) is 0 Å². The number of allylic oxidation sites excluding steroid dienone is 4. The number of carbonyl (C=O) groups excluding carboxylic acids is 1. The van der Waals surface area contributed by atoms with E-state index in [1.807, 2.05) is 0 Å². The Balaban J connectivity index is 3.74. The molecule has 0 amide bonds. The number of carbonyl (C=O) groups is 1. The Morgan fingerprint density at radius 2 is 1.29 bits per heavy atom. The molecular formula is C26H47O2-. The molecule has 0 spiro atoms. The van der Waals surface area contributed by atoms with E-state index in [1.54, 1.807) is 0 Å². The first-order valence-electron chi connectivity index (χ1n) is 12.0. The Labute approximate surface area is 175 Å². The minimum Gasteiger partial charge on any atom is -0.550 e. The minimum atomic E-state index is -0.878. The summed E-state index contributed by atoms with van der Waals surface area (Å²) < 4.78 is 0. The molecule has 0 saturated carbocycles. The van der Waals surface area contributed by atoms with Gasteiger partial charge in [-0.2, -0.15) is 0 Å². The number of carboxylic acid groups (broad SMARTS) is 1. The molecule has 0 aliphatic rings. The van der Waals surface area contributed by atoms with Crippen molar-refractivity contribution in [2.45, 2.75) is 130 Å². The second kappa shape index (κ2) is 19.3. The SMILES string of the molecule is CCCCCCCCCCCCCCC(C/C=C(\C)CCC=C(C)C)C(=O)[O-]. The summed E-state index contributed by atoms with van der Waals surface area (Å²) in [6, 6.07) is 0. The van der Waals surface area contributed by atoms with Crippen molar-refractivity contribution in [2.75, 3.05) is 0 Å². The predicted molar refractivity (Wildman–Crippen MR) is 121 cm³/mol. The van der Waals surface area contributed by atoms with Gasteiger partial charge in [0.25, 0.3) is 0 Å². The van der Waals surface area contributed by atoms with E-state index in [1.165, 1.54) is 75.4 Å². The summed E-state index contributed by atoms with van der Waals surface area (Å²) in [5, 5.41) is 11.4. The summed E-state index contributed by atoms with van der Waals surface area (Å²) >= 11 is 0. The van der Waals surface area contributed by atoms with Crippen molar-refractivity contribution >= 4 is 5.97 Å². The van der Waals surface area contributed by atoms with Crippen LogP contribution in [0.25, 0.3) is 0 Å². The molecule has 0 N–H and O–H groups in total. The quantitative estimate of drug-likeness (QED) is 0.169. The van der Waals surface area contributed by atoms with Gasteiger partial charge in [-0.1, -0.05) is 107 Å². The average molecular weight is 392 g/mol. The molecule has 2 nitrogen and oxygen atoms in total. The van der Waals surface area contributed by atoms with Crippen molar-refractivity contribution in [3.8, 4) is 0 Å². The Hall–Kier alpha value is -1.05. The molecule has 0 radical (unpaired) electrons. The van der Waals surface area contributed by atoms with Crippen LogP contribution in [0.2, 0.25) is 0 Å². The number of unbranched alkanes of at least 4 members (excludes halogenated alkanes) is 11. The standard InChI is InChI=1S/C26H48O2/c1-5-6-7-8-9-10-11-12-13-14-15-16-20-25(26(27)28)22-21-24(4)19-17-18-23(2)3/h18,21,25H,5-17,19-20,22H2,1-4H3,(H,27,28)/p-1/b24-21+. The van der Waals surface area contributed by atoms with Crippen LogP contribution in [0.3, 0.4) is 0 Å². The summed E-state index contributed by atoms with van der Waals surface area (Å²) in [6.45, 7) is 8.59.